The molecule has 2 aromatic carbocycles. The smallest absolute Gasteiger partial charge is 0.254 e. The number of hydrogen-bond acceptors (Lipinski definition) is 3. The van der Waals surface area contributed by atoms with Gasteiger partial charge in [-0.15, -0.1) is 0 Å². The molecule has 0 aromatic heterocycles. The lowest BCUT2D eigenvalue weighted by molar-refractivity contribution is -0.121. The van der Waals surface area contributed by atoms with Crippen LogP contribution in [-0.4, -0.2) is 48.3 Å². The highest BCUT2D eigenvalue weighted by molar-refractivity contribution is 5.96. The fourth-order valence-electron chi connectivity index (χ4n) is 4.38. The van der Waals surface area contributed by atoms with Crippen molar-refractivity contribution in [1.82, 2.24) is 15.1 Å². The van der Waals surface area contributed by atoms with Gasteiger partial charge in [0.05, 0.1) is 6.54 Å². The molecule has 5 heteroatoms. The van der Waals surface area contributed by atoms with Crippen molar-refractivity contribution in [3.05, 3.63) is 71.3 Å². The Morgan fingerprint density at radius 1 is 0.967 bits per heavy atom. The van der Waals surface area contributed by atoms with Crippen molar-refractivity contribution >= 4 is 11.8 Å². The van der Waals surface area contributed by atoms with Gasteiger partial charge in [0.1, 0.15) is 0 Å². The zero-order valence-electron chi connectivity index (χ0n) is 18.3. The van der Waals surface area contributed by atoms with E-state index >= 15 is 0 Å². The molecule has 1 fully saturated rings. The molecule has 0 unspecified atom stereocenters. The number of carbonyl (C=O) groups is 2. The molecule has 3 rings (SSSR count). The van der Waals surface area contributed by atoms with Gasteiger partial charge in [-0.3, -0.25) is 14.5 Å². The zero-order valence-corrected chi connectivity index (χ0v) is 18.3. The third-order valence-corrected chi connectivity index (χ3v) is 5.68. The van der Waals surface area contributed by atoms with Crippen LogP contribution in [0.4, 0.5) is 0 Å². The first kappa shape index (κ1) is 22.0. The summed E-state index contributed by atoms with van der Waals surface area (Å²) in [7, 11) is 1.65. The van der Waals surface area contributed by atoms with Gasteiger partial charge in [0.2, 0.25) is 5.91 Å². The van der Waals surface area contributed by atoms with Crippen LogP contribution in [0, 0.1) is 11.8 Å². The Balaban J connectivity index is 1.54. The highest BCUT2D eigenvalue weighted by Gasteiger charge is 2.22. The SMILES string of the molecule is C[C@@H]1C[C@H](C)CN(Cc2ccccc2CNC(=O)CN(C)C(=O)c2ccccc2)C1. The lowest BCUT2D eigenvalue weighted by Crippen LogP contribution is -2.39. The molecule has 160 valence electrons. The fourth-order valence-corrected chi connectivity index (χ4v) is 4.38. The summed E-state index contributed by atoms with van der Waals surface area (Å²) in [6.45, 7) is 8.31. The molecule has 1 aliphatic heterocycles. The van der Waals surface area contributed by atoms with E-state index in [0.717, 1.165) is 37.0 Å². The average Bonchev–Trinajstić information content (AvgIpc) is 2.72. The third-order valence-electron chi connectivity index (χ3n) is 5.68. The largest absolute Gasteiger partial charge is 0.350 e. The Morgan fingerprint density at radius 2 is 1.57 bits per heavy atom. The number of amides is 2. The Bertz CT molecular complexity index is 842. The molecule has 1 heterocycles. The van der Waals surface area contributed by atoms with E-state index in [1.807, 2.05) is 24.3 Å². The van der Waals surface area contributed by atoms with E-state index < -0.39 is 0 Å². The predicted octanol–water partition coefficient (Wildman–Crippen LogP) is 3.55. The van der Waals surface area contributed by atoms with Crippen LogP contribution in [0.25, 0.3) is 0 Å². The quantitative estimate of drug-likeness (QED) is 0.764. The first-order chi connectivity index (χ1) is 14.4. The first-order valence-corrected chi connectivity index (χ1v) is 10.8. The van der Waals surface area contributed by atoms with Crippen LogP contribution in [0.5, 0.6) is 0 Å². The van der Waals surface area contributed by atoms with E-state index in [-0.39, 0.29) is 18.4 Å². The lowest BCUT2D eigenvalue weighted by Gasteiger charge is -2.35. The number of hydrogen-bond donors (Lipinski definition) is 1. The molecule has 0 saturated carbocycles. The molecule has 1 saturated heterocycles. The first-order valence-electron chi connectivity index (χ1n) is 10.8. The van der Waals surface area contributed by atoms with Crippen LogP contribution in [0.15, 0.2) is 54.6 Å². The summed E-state index contributed by atoms with van der Waals surface area (Å²) >= 11 is 0. The van der Waals surface area contributed by atoms with Crippen molar-refractivity contribution < 1.29 is 9.59 Å². The van der Waals surface area contributed by atoms with Gasteiger partial charge in [0, 0.05) is 38.8 Å². The summed E-state index contributed by atoms with van der Waals surface area (Å²) in [4.78, 5) is 28.8. The Hall–Kier alpha value is -2.66. The molecule has 1 N–H and O–H groups in total. The summed E-state index contributed by atoms with van der Waals surface area (Å²) in [6, 6.07) is 17.3. The second-order valence-electron chi connectivity index (χ2n) is 8.71. The number of nitrogens with zero attached hydrogens (tertiary/aromatic N) is 2. The van der Waals surface area contributed by atoms with Crippen molar-refractivity contribution in [2.75, 3.05) is 26.7 Å². The maximum Gasteiger partial charge on any atom is 0.254 e. The third kappa shape index (κ3) is 6.17. The van der Waals surface area contributed by atoms with Gasteiger partial charge in [-0.1, -0.05) is 56.3 Å². The van der Waals surface area contributed by atoms with Crippen molar-refractivity contribution in [2.24, 2.45) is 11.8 Å². The normalized spacial score (nSPS) is 19.3. The number of piperidine rings is 1. The molecular formula is C25H33N3O2. The number of likely N-dealkylation sites (N-methyl/N-ethyl adjacent to an activating group) is 1. The Labute approximate surface area is 180 Å². The van der Waals surface area contributed by atoms with Crippen LogP contribution in [0.2, 0.25) is 0 Å². The second-order valence-corrected chi connectivity index (χ2v) is 8.71. The number of rotatable bonds is 7. The summed E-state index contributed by atoms with van der Waals surface area (Å²) < 4.78 is 0. The molecule has 0 spiro atoms. The van der Waals surface area contributed by atoms with E-state index in [2.05, 4.69) is 42.3 Å². The maximum atomic E-state index is 12.4. The Morgan fingerprint density at radius 3 is 2.23 bits per heavy atom. The second kappa shape index (κ2) is 10.4. The minimum Gasteiger partial charge on any atom is -0.350 e. The van der Waals surface area contributed by atoms with Crippen LogP contribution >= 0.6 is 0 Å². The van der Waals surface area contributed by atoms with Crippen molar-refractivity contribution in [2.45, 2.75) is 33.4 Å². The fraction of sp³-hybridized carbons (Fsp3) is 0.440. The van der Waals surface area contributed by atoms with Crippen molar-refractivity contribution in [1.29, 1.82) is 0 Å². The summed E-state index contributed by atoms with van der Waals surface area (Å²) in [5.41, 5.74) is 2.98. The van der Waals surface area contributed by atoms with Crippen molar-refractivity contribution in [3.8, 4) is 0 Å². The average molecular weight is 408 g/mol. The minimum atomic E-state index is -0.156. The standard InChI is InChI=1S/C25H33N3O2/c1-19-13-20(2)16-28(15-19)17-23-12-8-7-11-22(23)14-26-24(29)18-27(3)25(30)21-9-5-4-6-10-21/h4-12,19-20H,13-18H2,1-3H3,(H,26,29)/t19-,20+. The molecule has 2 aromatic rings. The van der Waals surface area contributed by atoms with Crippen LogP contribution < -0.4 is 5.32 Å². The van der Waals surface area contributed by atoms with Crippen LogP contribution in [-0.2, 0) is 17.9 Å². The number of carbonyl (C=O) groups excluding carboxylic acids is 2. The Kier molecular flexibility index (Phi) is 7.63. The molecule has 0 bridgehead atoms. The van der Waals surface area contributed by atoms with Gasteiger partial charge in [-0.25, -0.2) is 0 Å². The highest BCUT2D eigenvalue weighted by atomic mass is 16.2. The molecule has 1 aliphatic rings. The highest BCUT2D eigenvalue weighted by Crippen LogP contribution is 2.23. The molecular weight excluding hydrogens is 374 g/mol. The lowest BCUT2D eigenvalue weighted by atomic mass is 9.91. The van der Waals surface area contributed by atoms with Gasteiger partial charge in [0.15, 0.2) is 0 Å². The van der Waals surface area contributed by atoms with E-state index in [9.17, 15) is 9.59 Å². The molecule has 30 heavy (non-hydrogen) atoms. The van der Waals surface area contributed by atoms with E-state index in [1.165, 1.54) is 16.9 Å². The number of benzene rings is 2. The number of nitrogens with one attached hydrogen (secondary N) is 1. The zero-order chi connectivity index (χ0) is 21.5. The monoisotopic (exact) mass is 407 g/mol. The van der Waals surface area contributed by atoms with Gasteiger partial charge in [-0.2, -0.15) is 0 Å². The molecule has 5 nitrogen and oxygen atoms in total. The minimum absolute atomic E-state index is 0.0387. The number of likely N-dealkylation sites (tertiary alicyclic amines) is 1. The summed E-state index contributed by atoms with van der Waals surface area (Å²) in [5, 5.41) is 2.98. The van der Waals surface area contributed by atoms with Gasteiger partial charge < -0.3 is 10.2 Å². The topological polar surface area (TPSA) is 52.7 Å². The molecule has 2 amide bonds. The summed E-state index contributed by atoms with van der Waals surface area (Å²) in [6.07, 6.45) is 1.30. The van der Waals surface area contributed by atoms with Crippen molar-refractivity contribution in [3.63, 3.8) is 0 Å². The van der Waals surface area contributed by atoms with Crippen LogP contribution in [0.3, 0.4) is 0 Å². The van der Waals surface area contributed by atoms with Gasteiger partial charge in [0.25, 0.3) is 5.91 Å². The molecule has 2 atom stereocenters. The molecule has 0 aliphatic carbocycles. The van der Waals surface area contributed by atoms with Gasteiger partial charge in [-0.05, 0) is 41.5 Å². The van der Waals surface area contributed by atoms with E-state index in [4.69, 9.17) is 0 Å². The molecule has 0 radical (unpaired) electrons. The van der Waals surface area contributed by atoms with E-state index in [0.29, 0.717) is 12.1 Å². The van der Waals surface area contributed by atoms with Crippen LogP contribution in [0.1, 0.15) is 41.8 Å². The predicted molar refractivity (Wildman–Crippen MR) is 120 cm³/mol. The van der Waals surface area contributed by atoms with E-state index in [1.54, 1.807) is 19.2 Å². The maximum absolute atomic E-state index is 12.4. The van der Waals surface area contributed by atoms with Gasteiger partial charge >= 0.3 is 0 Å². The summed E-state index contributed by atoms with van der Waals surface area (Å²) in [5.74, 6) is 1.13.